The zero-order valence-electron chi connectivity index (χ0n) is 11.6. The topological polar surface area (TPSA) is 63.2 Å². The van der Waals surface area contributed by atoms with Crippen LogP contribution in [-0.2, 0) is 10.9 Å². The monoisotopic (exact) mass is 312 g/mol. The van der Waals surface area contributed by atoms with Crippen molar-refractivity contribution in [1.29, 1.82) is 0 Å². The van der Waals surface area contributed by atoms with Gasteiger partial charge in [-0.15, -0.1) is 0 Å². The Hall–Kier alpha value is -2.54. The third kappa shape index (κ3) is 3.37. The Labute approximate surface area is 124 Å². The van der Waals surface area contributed by atoms with E-state index in [1.165, 1.54) is 0 Å². The second-order valence-electron chi connectivity index (χ2n) is 4.41. The van der Waals surface area contributed by atoms with E-state index < -0.39 is 17.7 Å². The number of alkyl halides is 3. The van der Waals surface area contributed by atoms with Crippen LogP contribution in [0.4, 0.5) is 18.9 Å². The first-order valence-corrected chi connectivity index (χ1v) is 6.21. The number of rotatable bonds is 3. The van der Waals surface area contributed by atoms with E-state index in [4.69, 9.17) is 4.74 Å². The molecule has 0 saturated heterocycles. The van der Waals surface area contributed by atoms with Gasteiger partial charge in [0.2, 0.25) is 0 Å². The third-order valence-electron chi connectivity index (χ3n) is 2.91. The van der Waals surface area contributed by atoms with Gasteiger partial charge in [0.15, 0.2) is 11.4 Å². The van der Waals surface area contributed by atoms with Crippen molar-refractivity contribution in [3.8, 4) is 11.5 Å². The summed E-state index contributed by atoms with van der Waals surface area (Å²) in [6.45, 7) is 0. The fourth-order valence-corrected chi connectivity index (χ4v) is 1.78. The van der Waals surface area contributed by atoms with Gasteiger partial charge in [-0.3, -0.25) is 0 Å². The predicted octanol–water partition coefficient (Wildman–Crippen LogP) is 3.16. The largest absolute Gasteiger partial charge is 0.465 e. The molecule has 2 rings (SSSR count). The number of benzene rings is 2. The smallest absolute Gasteiger partial charge is 0.416 e. The summed E-state index contributed by atoms with van der Waals surface area (Å²) in [4.78, 5) is 11.7. The lowest BCUT2D eigenvalue weighted by Crippen LogP contribution is -2.40. The molecule has 0 saturated carbocycles. The van der Waals surface area contributed by atoms with Gasteiger partial charge in [-0.1, -0.05) is 12.1 Å². The molecule has 0 aliphatic rings. The Bertz CT molecular complexity index is 699. The molecule has 116 valence electrons. The Kier molecular flexibility index (Phi) is 4.37. The van der Waals surface area contributed by atoms with Crippen LogP contribution in [0.3, 0.4) is 0 Å². The molecule has 0 aromatic heterocycles. The van der Waals surface area contributed by atoms with Gasteiger partial charge < -0.3 is 15.2 Å². The number of carbonyl (C=O) groups excluding carboxylic acids is 1. The van der Waals surface area contributed by atoms with Crippen LogP contribution in [-0.4, -0.2) is 13.1 Å². The van der Waals surface area contributed by atoms with Gasteiger partial charge in [-0.25, -0.2) is 4.79 Å². The molecule has 3 N–H and O–H groups in total. The highest BCUT2D eigenvalue weighted by molar-refractivity contribution is 5.92. The maximum Gasteiger partial charge on any atom is 0.416 e. The van der Waals surface area contributed by atoms with Crippen LogP contribution in [0.25, 0.3) is 0 Å². The molecule has 0 unspecified atom stereocenters. The van der Waals surface area contributed by atoms with Crippen molar-refractivity contribution in [2.75, 3.05) is 7.11 Å². The summed E-state index contributed by atoms with van der Waals surface area (Å²) in [6, 6.07) is 9.13. The lowest BCUT2D eigenvalue weighted by molar-refractivity contribution is -0.256. The highest BCUT2D eigenvalue weighted by atomic mass is 19.4. The Morgan fingerprint density at radius 1 is 1.09 bits per heavy atom. The van der Waals surface area contributed by atoms with Crippen LogP contribution < -0.4 is 10.5 Å². The minimum Gasteiger partial charge on any atom is -0.465 e. The van der Waals surface area contributed by atoms with Gasteiger partial charge in [-0.05, 0) is 24.3 Å². The van der Waals surface area contributed by atoms with Crippen LogP contribution in [0.15, 0.2) is 42.5 Å². The molecule has 0 radical (unpaired) electrons. The summed E-state index contributed by atoms with van der Waals surface area (Å²) < 4.78 is 48.4. The number of methoxy groups -OCH3 is 1. The first kappa shape index (κ1) is 15.8. The highest BCUT2D eigenvalue weighted by Crippen LogP contribution is 2.36. The number of halogens is 3. The molecular formula is C15H13F3NO3+. The van der Waals surface area contributed by atoms with E-state index in [0.717, 1.165) is 25.3 Å². The molecule has 0 spiro atoms. The molecule has 0 bridgehead atoms. The molecular weight excluding hydrogens is 299 g/mol. The minimum absolute atomic E-state index is 0.0984. The van der Waals surface area contributed by atoms with Gasteiger partial charge >= 0.3 is 12.1 Å². The molecule has 0 atom stereocenters. The summed E-state index contributed by atoms with van der Waals surface area (Å²) in [7, 11) is 1.14. The quantitative estimate of drug-likeness (QED) is 0.886. The van der Waals surface area contributed by atoms with E-state index >= 15 is 0 Å². The number of hydrogen-bond donors (Lipinski definition) is 1. The van der Waals surface area contributed by atoms with E-state index in [1.54, 1.807) is 24.3 Å². The van der Waals surface area contributed by atoms with Crippen molar-refractivity contribution < 1.29 is 33.2 Å². The van der Waals surface area contributed by atoms with E-state index in [1.807, 2.05) is 0 Å². The van der Waals surface area contributed by atoms with Crippen LogP contribution in [0.5, 0.6) is 11.5 Å². The molecule has 0 aliphatic heterocycles. The fourth-order valence-electron chi connectivity index (χ4n) is 1.78. The van der Waals surface area contributed by atoms with E-state index in [2.05, 4.69) is 10.5 Å². The van der Waals surface area contributed by atoms with Crippen molar-refractivity contribution in [1.82, 2.24) is 0 Å². The van der Waals surface area contributed by atoms with E-state index in [-0.39, 0.29) is 17.1 Å². The molecule has 0 amide bonds. The normalized spacial score (nSPS) is 11.1. The van der Waals surface area contributed by atoms with Crippen molar-refractivity contribution >= 4 is 11.7 Å². The summed E-state index contributed by atoms with van der Waals surface area (Å²) in [5, 5.41) is 0. The van der Waals surface area contributed by atoms with Gasteiger partial charge in [0, 0.05) is 6.07 Å². The summed E-state index contributed by atoms with van der Waals surface area (Å²) in [6.07, 6.45) is -4.54. The lowest BCUT2D eigenvalue weighted by atomic mass is 10.1. The number of carbonyl (C=O) groups is 1. The first-order chi connectivity index (χ1) is 10.3. The second kappa shape index (κ2) is 6.07. The molecule has 22 heavy (non-hydrogen) atoms. The molecule has 0 heterocycles. The zero-order valence-corrected chi connectivity index (χ0v) is 11.6. The fraction of sp³-hybridized carbons (Fsp3) is 0.133. The number of ether oxygens (including phenoxy) is 2. The maximum atomic E-state index is 12.8. The lowest BCUT2D eigenvalue weighted by Gasteiger charge is -2.13. The summed E-state index contributed by atoms with van der Waals surface area (Å²) >= 11 is 0. The Balaban J connectivity index is 2.50. The average molecular weight is 312 g/mol. The third-order valence-corrected chi connectivity index (χ3v) is 2.91. The van der Waals surface area contributed by atoms with Crippen LogP contribution in [0, 0.1) is 0 Å². The number of quaternary nitrogens is 1. The Morgan fingerprint density at radius 2 is 1.77 bits per heavy atom. The van der Waals surface area contributed by atoms with Gasteiger partial charge in [0.25, 0.3) is 0 Å². The minimum atomic E-state index is -4.54. The van der Waals surface area contributed by atoms with Crippen molar-refractivity contribution in [2.24, 2.45) is 0 Å². The van der Waals surface area contributed by atoms with E-state index in [0.29, 0.717) is 5.69 Å². The van der Waals surface area contributed by atoms with Crippen LogP contribution in [0.1, 0.15) is 15.9 Å². The molecule has 4 nitrogen and oxygen atoms in total. The summed E-state index contributed by atoms with van der Waals surface area (Å²) in [5.41, 5.74) is 3.18. The van der Waals surface area contributed by atoms with Gasteiger partial charge in [0.05, 0.1) is 12.7 Å². The standard InChI is InChI=1S/C15H12F3NO3/c1-21-14(20)10-7-6-9(15(16,17)18)8-13(10)22-12-5-3-2-4-11(12)19/h2-8H,19H2,1H3/p+1. The van der Waals surface area contributed by atoms with Gasteiger partial charge in [-0.2, -0.15) is 13.2 Å². The zero-order chi connectivity index (χ0) is 16.3. The number of esters is 1. The second-order valence-corrected chi connectivity index (χ2v) is 4.41. The van der Waals surface area contributed by atoms with Crippen molar-refractivity contribution in [3.05, 3.63) is 53.6 Å². The Morgan fingerprint density at radius 3 is 2.36 bits per heavy atom. The molecule has 7 heteroatoms. The molecule has 2 aromatic rings. The number of para-hydroxylation sites is 1. The molecule has 0 aliphatic carbocycles. The van der Waals surface area contributed by atoms with Crippen LogP contribution >= 0.6 is 0 Å². The van der Waals surface area contributed by atoms with Crippen LogP contribution in [0.2, 0.25) is 0 Å². The summed E-state index contributed by atoms with van der Waals surface area (Å²) in [5.74, 6) is -0.768. The van der Waals surface area contributed by atoms with Crippen molar-refractivity contribution in [3.63, 3.8) is 0 Å². The molecule has 0 fully saturated rings. The number of hydrogen-bond acceptors (Lipinski definition) is 3. The molecule has 2 aromatic carbocycles. The van der Waals surface area contributed by atoms with E-state index in [9.17, 15) is 18.0 Å². The average Bonchev–Trinajstić information content (AvgIpc) is 2.48. The maximum absolute atomic E-state index is 12.8. The highest BCUT2D eigenvalue weighted by Gasteiger charge is 2.32. The van der Waals surface area contributed by atoms with Crippen molar-refractivity contribution in [2.45, 2.75) is 6.18 Å². The van der Waals surface area contributed by atoms with Gasteiger partial charge in [0.1, 0.15) is 11.3 Å². The predicted molar refractivity (Wildman–Crippen MR) is 71.8 cm³/mol. The first-order valence-electron chi connectivity index (χ1n) is 6.21. The SMILES string of the molecule is COC(=O)c1ccc(C(F)(F)F)cc1Oc1ccccc1[NH3+].